The van der Waals surface area contributed by atoms with Crippen molar-refractivity contribution in [1.29, 1.82) is 0 Å². The maximum Gasteiger partial charge on any atom is 0.106 e. The van der Waals surface area contributed by atoms with Gasteiger partial charge in [-0.3, -0.25) is 0 Å². The second kappa shape index (κ2) is 5.51. The van der Waals surface area contributed by atoms with E-state index in [4.69, 9.17) is 4.98 Å². The van der Waals surface area contributed by atoms with E-state index in [-0.39, 0.29) is 0 Å². The van der Waals surface area contributed by atoms with E-state index in [0.717, 1.165) is 12.5 Å². The van der Waals surface area contributed by atoms with Gasteiger partial charge in [0.1, 0.15) is 5.01 Å². The molecule has 1 unspecified atom stereocenters. The van der Waals surface area contributed by atoms with Gasteiger partial charge in [0, 0.05) is 23.4 Å². The van der Waals surface area contributed by atoms with Crippen LogP contribution in [0.15, 0.2) is 0 Å². The second-order valence-electron chi connectivity index (χ2n) is 5.67. The lowest BCUT2D eigenvalue weighted by Crippen LogP contribution is -2.21. The van der Waals surface area contributed by atoms with Crippen LogP contribution in [0.3, 0.4) is 0 Å². The average Bonchev–Trinajstić information content (AvgIpc) is 2.91. The van der Waals surface area contributed by atoms with E-state index >= 15 is 0 Å². The molecule has 1 saturated carbocycles. The first kappa shape index (κ1) is 12.9. The Bertz CT molecular complexity index is 404. The van der Waals surface area contributed by atoms with Crippen molar-refractivity contribution in [2.75, 3.05) is 5.75 Å². The molecule has 2 fully saturated rings. The number of rotatable bonds is 5. The Labute approximate surface area is 118 Å². The molecule has 2 aliphatic rings. The molecule has 2 nitrogen and oxygen atoms in total. The van der Waals surface area contributed by atoms with Crippen LogP contribution in [-0.4, -0.2) is 16.8 Å². The van der Waals surface area contributed by atoms with Crippen molar-refractivity contribution in [2.24, 2.45) is 0 Å². The largest absolute Gasteiger partial charge is 0.310 e. The molecule has 1 aliphatic heterocycles. The van der Waals surface area contributed by atoms with Crippen molar-refractivity contribution in [2.45, 2.75) is 63.3 Å². The topological polar surface area (TPSA) is 24.9 Å². The van der Waals surface area contributed by atoms with Gasteiger partial charge in [-0.15, -0.1) is 11.3 Å². The van der Waals surface area contributed by atoms with Gasteiger partial charge in [-0.1, -0.05) is 13.8 Å². The minimum absolute atomic E-state index is 0.559. The fraction of sp³-hybridized carbons (Fsp3) is 0.786. The lowest BCUT2D eigenvalue weighted by atomic mass is 10.2. The van der Waals surface area contributed by atoms with Crippen LogP contribution in [-0.2, 0) is 6.54 Å². The first-order chi connectivity index (χ1) is 8.74. The van der Waals surface area contributed by atoms with Crippen LogP contribution in [0.4, 0.5) is 0 Å². The Morgan fingerprint density at radius 3 is 2.78 bits per heavy atom. The van der Waals surface area contributed by atoms with Crippen LogP contribution in [0.25, 0.3) is 0 Å². The zero-order valence-electron chi connectivity index (χ0n) is 11.2. The first-order valence-electron chi connectivity index (χ1n) is 7.08. The van der Waals surface area contributed by atoms with Gasteiger partial charge < -0.3 is 5.32 Å². The fourth-order valence-electron chi connectivity index (χ4n) is 2.39. The van der Waals surface area contributed by atoms with Gasteiger partial charge in [-0.2, -0.15) is 11.8 Å². The SMILES string of the molecule is CC(C)NCc1sc(C2CCCS2)nc1C1CC1. The summed E-state index contributed by atoms with van der Waals surface area (Å²) < 4.78 is 0. The third-order valence-corrected chi connectivity index (χ3v) is 6.30. The fourth-order valence-corrected chi connectivity index (χ4v) is 5.00. The number of hydrogen-bond donors (Lipinski definition) is 1. The lowest BCUT2D eigenvalue weighted by molar-refractivity contribution is 0.590. The molecule has 0 radical (unpaired) electrons. The van der Waals surface area contributed by atoms with E-state index in [0.29, 0.717) is 11.3 Å². The zero-order valence-corrected chi connectivity index (χ0v) is 12.9. The highest BCUT2D eigenvalue weighted by Gasteiger charge is 2.31. The standard InChI is InChI=1S/C14H22N2S2/c1-9(2)15-8-12-13(10-5-6-10)16-14(18-12)11-4-3-7-17-11/h9-11,15H,3-8H2,1-2H3. The van der Waals surface area contributed by atoms with Crippen LogP contribution in [0.1, 0.15) is 66.3 Å². The molecular weight excluding hydrogens is 260 g/mol. The smallest absolute Gasteiger partial charge is 0.106 e. The molecule has 0 spiro atoms. The maximum atomic E-state index is 4.99. The Balaban J connectivity index is 1.77. The van der Waals surface area contributed by atoms with Crippen molar-refractivity contribution < 1.29 is 0 Å². The van der Waals surface area contributed by atoms with Gasteiger partial charge in [-0.25, -0.2) is 4.98 Å². The Morgan fingerprint density at radius 2 is 2.17 bits per heavy atom. The monoisotopic (exact) mass is 282 g/mol. The third-order valence-electron chi connectivity index (χ3n) is 3.58. The van der Waals surface area contributed by atoms with Crippen LogP contribution in [0, 0.1) is 0 Å². The predicted molar refractivity (Wildman–Crippen MR) is 80.5 cm³/mol. The summed E-state index contributed by atoms with van der Waals surface area (Å²) in [5.41, 5.74) is 1.43. The zero-order chi connectivity index (χ0) is 12.5. The highest BCUT2D eigenvalue weighted by Crippen LogP contribution is 2.47. The van der Waals surface area contributed by atoms with Gasteiger partial charge >= 0.3 is 0 Å². The molecule has 0 bridgehead atoms. The van der Waals surface area contributed by atoms with Gasteiger partial charge in [-0.05, 0) is 31.4 Å². The minimum atomic E-state index is 0.559. The number of hydrogen-bond acceptors (Lipinski definition) is 4. The minimum Gasteiger partial charge on any atom is -0.310 e. The van der Waals surface area contributed by atoms with Gasteiger partial charge in [0.2, 0.25) is 0 Å². The summed E-state index contributed by atoms with van der Waals surface area (Å²) in [6, 6.07) is 0.559. The van der Waals surface area contributed by atoms with Crippen molar-refractivity contribution in [1.82, 2.24) is 10.3 Å². The molecule has 2 heterocycles. The number of thioether (sulfide) groups is 1. The van der Waals surface area contributed by atoms with E-state index < -0.39 is 0 Å². The quantitative estimate of drug-likeness (QED) is 0.880. The molecule has 1 aromatic rings. The molecule has 1 N–H and O–H groups in total. The van der Waals surface area contributed by atoms with Crippen molar-refractivity contribution in [3.05, 3.63) is 15.6 Å². The summed E-state index contributed by atoms with van der Waals surface area (Å²) in [5, 5.41) is 5.65. The molecule has 1 saturated heterocycles. The number of thiazole rings is 1. The number of aromatic nitrogens is 1. The molecule has 3 rings (SSSR count). The van der Waals surface area contributed by atoms with Crippen LogP contribution in [0.2, 0.25) is 0 Å². The van der Waals surface area contributed by atoms with Gasteiger partial charge in [0.25, 0.3) is 0 Å². The molecule has 100 valence electrons. The van der Waals surface area contributed by atoms with Gasteiger partial charge in [0.15, 0.2) is 0 Å². The van der Waals surface area contributed by atoms with Crippen molar-refractivity contribution in [3.63, 3.8) is 0 Å². The maximum absolute atomic E-state index is 4.99. The van der Waals surface area contributed by atoms with E-state index in [1.807, 2.05) is 11.3 Å². The summed E-state index contributed by atoms with van der Waals surface area (Å²) in [4.78, 5) is 6.50. The molecular formula is C14H22N2S2. The molecule has 1 atom stereocenters. The predicted octanol–water partition coefficient (Wildman–Crippen LogP) is 4.09. The second-order valence-corrected chi connectivity index (χ2v) is 8.10. The van der Waals surface area contributed by atoms with Crippen LogP contribution < -0.4 is 5.32 Å². The van der Waals surface area contributed by atoms with Crippen LogP contribution in [0.5, 0.6) is 0 Å². The number of nitrogens with zero attached hydrogens (tertiary/aromatic N) is 1. The highest BCUT2D eigenvalue weighted by molar-refractivity contribution is 7.99. The van der Waals surface area contributed by atoms with E-state index in [1.165, 1.54) is 47.0 Å². The van der Waals surface area contributed by atoms with Gasteiger partial charge in [0.05, 0.1) is 10.9 Å². The highest BCUT2D eigenvalue weighted by atomic mass is 32.2. The number of nitrogens with one attached hydrogen (secondary N) is 1. The molecule has 1 aliphatic carbocycles. The molecule has 0 amide bonds. The summed E-state index contributed by atoms with van der Waals surface area (Å²) in [6.07, 6.45) is 5.41. The van der Waals surface area contributed by atoms with E-state index in [9.17, 15) is 0 Å². The van der Waals surface area contributed by atoms with Crippen molar-refractivity contribution >= 4 is 23.1 Å². The molecule has 1 aromatic heterocycles. The Hall–Kier alpha value is -0.0600. The summed E-state index contributed by atoms with van der Waals surface area (Å²) in [5.74, 6) is 2.10. The summed E-state index contributed by atoms with van der Waals surface area (Å²) in [7, 11) is 0. The van der Waals surface area contributed by atoms with Crippen molar-refractivity contribution in [3.8, 4) is 0 Å². The van der Waals surface area contributed by atoms with E-state index in [1.54, 1.807) is 0 Å². The summed E-state index contributed by atoms with van der Waals surface area (Å²) >= 11 is 4.07. The normalized spacial score (nSPS) is 24.1. The average molecular weight is 282 g/mol. The molecule has 4 heteroatoms. The Kier molecular flexibility index (Phi) is 3.97. The molecule has 0 aromatic carbocycles. The first-order valence-corrected chi connectivity index (χ1v) is 8.95. The van der Waals surface area contributed by atoms with Crippen LogP contribution >= 0.6 is 23.1 Å². The Morgan fingerprint density at radius 1 is 1.33 bits per heavy atom. The molecule has 18 heavy (non-hydrogen) atoms. The summed E-state index contributed by atoms with van der Waals surface area (Å²) in [6.45, 7) is 5.44. The third kappa shape index (κ3) is 2.91. The van der Waals surface area contributed by atoms with E-state index in [2.05, 4.69) is 30.9 Å². The lowest BCUT2D eigenvalue weighted by Gasteiger charge is -2.07.